The van der Waals surface area contributed by atoms with Gasteiger partial charge in [-0.05, 0) is 139 Å². The van der Waals surface area contributed by atoms with Crippen molar-refractivity contribution >= 4 is 45.7 Å². The lowest BCUT2D eigenvalue weighted by Crippen LogP contribution is -2.43. The predicted octanol–water partition coefficient (Wildman–Crippen LogP) is 8.11. The molecule has 2 fully saturated rings. The van der Waals surface area contributed by atoms with Crippen LogP contribution in [0.1, 0.15) is 27.1 Å². The van der Waals surface area contributed by atoms with Crippen molar-refractivity contribution in [2.75, 3.05) is 98.3 Å². The largest absolute Gasteiger partial charge is 0.573 e. The zero-order valence-corrected chi connectivity index (χ0v) is 40.4. The molecule has 2 aromatic carbocycles. The Kier molecular flexibility index (Phi) is 20.0. The van der Waals surface area contributed by atoms with Crippen LogP contribution in [0.3, 0.4) is 0 Å². The van der Waals surface area contributed by atoms with Crippen molar-refractivity contribution in [2.45, 2.75) is 38.4 Å². The second-order valence-corrected chi connectivity index (χ2v) is 17.4. The van der Waals surface area contributed by atoms with Crippen molar-refractivity contribution in [3.05, 3.63) is 85.2 Å². The minimum absolute atomic E-state index is 0.154. The molecule has 6 aromatic rings. The van der Waals surface area contributed by atoms with Crippen molar-refractivity contribution in [3.63, 3.8) is 0 Å². The molecular formula is C47H58ClF7N12O4. The first-order valence-electron chi connectivity index (χ1n) is 23.1. The maximum atomic E-state index is 12.6. The molecule has 8 rings (SSSR count). The van der Waals surface area contributed by atoms with Crippen LogP contribution in [0.25, 0.3) is 33.8 Å². The summed E-state index contributed by atoms with van der Waals surface area (Å²) < 4.78 is 102. The van der Waals surface area contributed by atoms with Gasteiger partial charge in [0.25, 0.3) is 0 Å². The summed E-state index contributed by atoms with van der Waals surface area (Å²) in [5.74, 6) is 1.93. The van der Waals surface area contributed by atoms with Crippen LogP contribution in [0.5, 0.6) is 11.5 Å². The number of benzene rings is 2. The maximum absolute atomic E-state index is 12.6. The number of carbonyl (C=O) groups excluding carboxylic acids is 2. The van der Waals surface area contributed by atoms with E-state index in [1.165, 1.54) is 36.4 Å². The van der Waals surface area contributed by atoms with Crippen LogP contribution < -0.4 is 25.4 Å². The number of amides is 1. The number of alkyl halides is 7. The number of anilines is 2. The predicted molar refractivity (Wildman–Crippen MR) is 257 cm³/mol. The first-order valence-corrected chi connectivity index (χ1v) is 22.8. The molecule has 71 heavy (non-hydrogen) atoms. The fourth-order valence-electron chi connectivity index (χ4n) is 7.62. The molecular weight excluding hydrogens is 965 g/mol. The smallest absolute Gasteiger partial charge is 0.406 e. The SMILES string of the molecule is CN(C)CC(=O)Cl.CN(C)CC(=O)N1CCC(CNc2ccc3ncc(-c4cccc(OC(F)(F)F)c4)n3n2)CC1.FC(F)(F)Oc1cccc(-c2cnc3ccc(NCC4CCNCC4)nn23)c1.[2H]CF. The Morgan fingerprint density at radius 2 is 1.15 bits per heavy atom. The lowest BCUT2D eigenvalue weighted by molar-refractivity contribution is -0.275. The molecule has 2 aliphatic rings. The summed E-state index contributed by atoms with van der Waals surface area (Å²) >= 11 is 4.99. The number of halogens is 8. The number of hydrogen-bond acceptors (Lipinski definition) is 13. The molecule has 0 atom stereocenters. The van der Waals surface area contributed by atoms with Gasteiger partial charge >= 0.3 is 12.7 Å². The molecule has 0 bridgehead atoms. The molecule has 4 aromatic heterocycles. The monoisotopic (exact) mass is 1020 g/mol. The average molecular weight is 1020 g/mol. The summed E-state index contributed by atoms with van der Waals surface area (Å²) in [6.45, 7) is 5.84. The van der Waals surface area contributed by atoms with E-state index in [0.29, 0.717) is 76.9 Å². The van der Waals surface area contributed by atoms with Gasteiger partial charge in [0.1, 0.15) is 23.1 Å². The molecule has 3 N–H and O–H groups in total. The fourth-order valence-corrected chi connectivity index (χ4v) is 7.86. The molecule has 0 saturated carbocycles. The summed E-state index contributed by atoms with van der Waals surface area (Å²) in [6, 6.07) is 18.8. The normalized spacial score (nSPS) is 14.7. The van der Waals surface area contributed by atoms with Gasteiger partial charge in [0, 0.05) is 37.3 Å². The Bertz CT molecular complexity index is 2640. The highest BCUT2D eigenvalue weighted by atomic mass is 35.5. The Morgan fingerprint density at radius 1 is 0.718 bits per heavy atom. The number of hydrogen-bond donors (Lipinski definition) is 3. The van der Waals surface area contributed by atoms with Crippen LogP contribution in [-0.4, -0.2) is 155 Å². The highest BCUT2D eigenvalue weighted by Crippen LogP contribution is 2.30. The minimum Gasteiger partial charge on any atom is -0.406 e. The highest BCUT2D eigenvalue weighted by molar-refractivity contribution is 6.64. The van der Waals surface area contributed by atoms with Gasteiger partial charge in [-0.3, -0.25) is 14.0 Å². The summed E-state index contributed by atoms with van der Waals surface area (Å²) in [5.41, 5.74) is 3.39. The van der Waals surface area contributed by atoms with E-state index < -0.39 is 19.9 Å². The number of carbonyl (C=O) groups is 2. The van der Waals surface area contributed by atoms with Gasteiger partial charge in [0.2, 0.25) is 11.1 Å². The molecule has 6 heterocycles. The molecule has 386 valence electrons. The van der Waals surface area contributed by atoms with E-state index in [-0.39, 0.29) is 22.6 Å². The van der Waals surface area contributed by atoms with Gasteiger partial charge in [-0.1, -0.05) is 24.3 Å². The van der Waals surface area contributed by atoms with Gasteiger partial charge < -0.3 is 40.1 Å². The standard InChI is InChI=1S/C23H27F3N6O2.C19H20F3N5O.C4H8ClNO.CH3F/c1-30(2)15-22(33)31-10-8-16(9-11-31)13-27-20-6-7-21-28-14-19(32(21)29-20)17-4-3-5-18(12-17)34-23(24,25)26;20-19(21,22)28-15-3-1-2-14(10-15)16-12-25-18-5-4-17(26-27(16)18)24-11-13-6-8-23-9-7-13;1-6(2)3-4(5)7;1-2/h3-7,12,14,16H,8-11,13,15H2,1-2H3,(H,27,29);1-5,10,12-13,23H,6-9,11H2,(H,24,26);3H2,1-2H3;1H3/i;;;1D. The zero-order chi connectivity index (χ0) is 52.4. The van der Waals surface area contributed by atoms with Crippen molar-refractivity contribution in [1.29, 1.82) is 0 Å². The number of ether oxygens (including phenoxy) is 2. The molecule has 24 heteroatoms. The first kappa shape index (κ1) is 54.0. The van der Waals surface area contributed by atoms with Crippen LogP contribution in [0, 0.1) is 11.8 Å². The van der Waals surface area contributed by atoms with E-state index >= 15 is 0 Å². The lowest BCUT2D eigenvalue weighted by atomic mass is 9.96. The zero-order valence-electron chi connectivity index (χ0n) is 40.6. The van der Waals surface area contributed by atoms with E-state index in [4.69, 9.17) is 13.0 Å². The minimum atomic E-state index is -4.76. The topological polar surface area (TPSA) is 159 Å². The number of nitrogens with one attached hydrogen (secondary N) is 3. The summed E-state index contributed by atoms with van der Waals surface area (Å²) in [4.78, 5) is 36.3. The maximum Gasteiger partial charge on any atom is 0.573 e. The fraction of sp³-hybridized carbons (Fsp3) is 0.447. The van der Waals surface area contributed by atoms with Crippen molar-refractivity contribution in [3.8, 4) is 34.0 Å². The van der Waals surface area contributed by atoms with Crippen LogP contribution in [0.2, 0.25) is 0 Å². The Balaban J connectivity index is 0.000000228. The summed E-state index contributed by atoms with van der Waals surface area (Å²) in [5, 5.41) is 18.9. The Labute approximate surface area is 412 Å². The van der Waals surface area contributed by atoms with Crippen molar-refractivity contribution < 1.29 is 51.2 Å². The molecule has 0 aliphatic carbocycles. The quantitative estimate of drug-likeness (QED) is 0.0711. The lowest BCUT2D eigenvalue weighted by Gasteiger charge is -2.32. The van der Waals surface area contributed by atoms with E-state index in [1.807, 2.05) is 42.1 Å². The molecule has 2 aliphatic heterocycles. The number of likely N-dealkylation sites (N-methyl/N-ethyl adjacent to an activating group) is 2. The number of nitrogens with zero attached hydrogens (tertiary/aromatic N) is 9. The average Bonchev–Trinajstić information content (AvgIpc) is 3.94. The third-order valence-corrected chi connectivity index (χ3v) is 11.0. The summed E-state index contributed by atoms with van der Waals surface area (Å²) in [7, 11) is 6.36. The van der Waals surface area contributed by atoms with Gasteiger partial charge in [-0.2, -0.15) is 0 Å². The van der Waals surface area contributed by atoms with Crippen molar-refractivity contribution in [2.24, 2.45) is 11.8 Å². The van der Waals surface area contributed by atoms with E-state index in [9.17, 15) is 40.3 Å². The molecule has 2 saturated heterocycles. The van der Waals surface area contributed by atoms with Crippen LogP contribution >= 0.6 is 11.6 Å². The highest BCUT2D eigenvalue weighted by Gasteiger charge is 2.32. The third-order valence-electron chi connectivity index (χ3n) is 10.9. The van der Waals surface area contributed by atoms with Gasteiger partial charge in [0.15, 0.2) is 11.3 Å². The molecule has 0 radical (unpaired) electrons. The van der Waals surface area contributed by atoms with E-state index in [1.54, 1.807) is 58.6 Å². The number of fused-ring (bicyclic) bond motifs is 2. The van der Waals surface area contributed by atoms with Gasteiger partial charge in [-0.15, -0.1) is 36.5 Å². The molecule has 0 spiro atoms. The van der Waals surface area contributed by atoms with Crippen LogP contribution in [0.4, 0.5) is 42.4 Å². The number of imidazole rings is 2. The van der Waals surface area contributed by atoms with Crippen molar-refractivity contribution in [1.82, 2.24) is 49.2 Å². The second kappa shape index (κ2) is 26.2. The molecule has 0 unspecified atom stereocenters. The Morgan fingerprint density at radius 3 is 1.55 bits per heavy atom. The number of aromatic nitrogens is 6. The Hall–Kier alpha value is -6.30. The molecule has 1 amide bonds. The molecule has 16 nitrogen and oxygen atoms in total. The second-order valence-electron chi connectivity index (χ2n) is 17.0. The van der Waals surface area contributed by atoms with E-state index in [2.05, 4.69) is 45.6 Å². The van der Waals surface area contributed by atoms with Crippen LogP contribution in [-0.2, 0) is 9.59 Å². The van der Waals surface area contributed by atoms with Gasteiger partial charge in [-0.25, -0.2) is 19.0 Å². The number of piperidine rings is 2. The number of rotatable bonds is 14. The third kappa shape index (κ3) is 18.1. The number of likely N-dealkylation sites (tertiary alicyclic amines) is 1. The van der Waals surface area contributed by atoms with E-state index in [0.717, 1.165) is 58.4 Å². The summed E-state index contributed by atoms with van der Waals surface area (Å²) in [6.07, 6.45) is -2.27. The van der Waals surface area contributed by atoms with Gasteiger partial charge in [0.05, 0.1) is 45.4 Å². The first-order chi connectivity index (χ1) is 34.2. The van der Waals surface area contributed by atoms with Crippen LogP contribution in [0.15, 0.2) is 85.2 Å².